The van der Waals surface area contributed by atoms with Crippen molar-refractivity contribution < 1.29 is 19.4 Å². The van der Waals surface area contributed by atoms with E-state index in [1.54, 1.807) is 7.11 Å². The zero-order valence-electron chi connectivity index (χ0n) is 9.84. The van der Waals surface area contributed by atoms with Crippen LogP contribution in [0.1, 0.15) is 15.5 Å². The fraction of sp³-hybridized carbons (Fsp3) is 0.500. The van der Waals surface area contributed by atoms with Gasteiger partial charge in [-0.05, 0) is 0 Å². The predicted octanol–water partition coefficient (Wildman–Crippen LogP) is 0.837. The molecule has 18 heavy (non-hydrogen) atoms. The molecule has 0 radical (unpaired) electrons. The van der Waals surface area contributed by atoms with Crippen LogP contribution in [0.25, 0.3) is 0 Å². The van der Waals surface area contributed by atoms with Gasteiger partial charge in [0.2, 0.25) is 5.91 Å². The number of hydrogen-bond acceptors (Lipinski definition) is 6. The lowest BCUT2D eigenvalue weighted by Crippen LogP contribution is -2.24. The predicted molar refractivity (Wildman–Crippen MR) is 70.1 cm³/mol. The summed E-state index contributed by atoms with van der Waals surface area (Å²) in [5.41, 5.74) is 0.0127. The molecule has 8 heteroatoms. The number of carbonyl (C=O) groups is 2. The molecular formula is C10H14N2O4S2. The zero-order valence-corrected chi connectivity index (χ0v) is 11.5. The lowest BCUT2D eigenvalue weighted by Gasteiger charge is -2.02. The summed E-state index contributed by atoms with van der Waals surface area (Å²) in [7, 11) is 1.61. The first-order chi connectivity index (χ1) is 8.63. The number of carbonyl (C=O) groups excluding carboxylic acids is 1. The van der Waals surface area contributed by atoms with Gasteiger partial charge in [0.25, 0.3) is 0 Å². The number of carboxylic acid groups (broad SMARTS) is 1. The third-order valence-corrected chi connectivity index (χ3v) is 3.64. The van der Waals surface area contributed by atoms with Gasteiger partial charge in [0.15, 0.2) is 5.69 Å². The first-order valence-electron chi connectivity index (χ1n) is 5.14. The Morgan fingerprint density at radius 3 is 3.00 bits per heavy atom. The number of methoxy groups -OCH3 is 1. The topological polar surface area (TPSA) is 88.5 Å². The molecule has 1 heterocycles. The fourth-order valence-electron chi connectivity index (χ4n) is 1.02. The van der Waals surface area contributed by atoms with Gasteiger partial charge in [-0.3, -0.25) is 4.79 Å². The third-order valence-electron chi connectivity index (χ3n) is 1.87. The Morgan fingerprint density at radius 1 is 1.61 bits per heavy atom. The summed E-state index contributed by atoms with van der Waals surface area (Å²) >= 11 is 2.70. The number of thioether (sulfide) groups is 1. The number of rotatable bonds is 8. The summed E-state index contributed by atoms with van der Waals surface area (Å²) in [6.45, 7) is 0.883. The highest BCUT2D eigenvalue weighted by Gasteiger charge is 2.09. The van der Waals surface area contributed by atoms with Gasteiger partial charge < -0.3 is 15.2 Å². The maximum Gasteiger partial charge on any atom is 0.355 e. The van der Waals surface area contributed by atoms with Crippen LogP contribution >= 0.6 is 23.1 Å². The Morgan fingerprint density at radius 2 is 2.39 bits per heavy atom. The molecule has 0 aromatic carbocycles. The lowest BCUT2D eigenvalue weighted by atomic mass is 10.5. The first-order valence-corrected chi connectivity index (χ1v) is 7.18. The summed E-state index contributed by atoms with van der Waals surface area (Å²) in [6.07, 6.45) is 0. The zero-order chi connectivity index (χ0) is 13.4. The largest absolute Gasteiger partial charge is 0.476 e. The van der Waals surface area contributed by atoms with E-state index in [1.807, 2.05) is 0 Å². The normalized spacial score (nSPS) is 10.3. The molecule has 0 fully saturated rings. The Balaban J connectivity index is 2.23. The molecule has 100 valence electrons. The van der Waals surface area contributed by atoms with E-state index >= 15 is 0 Å². The molecule has 0 aliphatic carbocycles. The number of amides is 1. The van der Waals surface area contributed by atoms with E-state index in [0.717, 1.165) is 5.75 Å². The number of hydrogen-bond donors (Lipinski definition) is 2. The van der Waals surface area contributed by atoms with Crippen molar-refractivity contribution in [2.75, 3.05) is 25.2 Å². The van der Waals surface area contributed by atoms with E-state index in [1.165, 1.54) is 28.5 Å². The maximum absolute atomic E-state index is 11.4. The number of nitrogens with one attached hydrogen (secondary N) is 1. The second kappa shape index (κ2) is 8.06. The number of aromatic carboxylic acids is 1. The van der Waals surface area contributed by atoms with Gasteiger partial charge in [-0.2, -0.15) is 0 Å². The quantitative estimate of drug-likeness (QED) is 0.690. The summed E-state index contributed by atoms with van der Waals surface area (Å²) < 4.78 is 4.86. The molecule has 0 unspecified atom stereocenters. The Labute approximate surface area is 113 Å². The van der Waals surface area contributed by atoms with Crippen LogP contribution in [0.4, 0.5) is 0 Å². The molecule has 0 aliphatic heterocycles. The number of aromatic nitrogens is 1. The summed E-state index contributed by atoms with van der Waals surface area (Å²) in [4.78, 5) is 25.9. The van der Waals surface area contributed by atoms with Crippen molar-refractivity contribution in [1.82, 2.24) is 10.3 Å². The van der Waals surface area contributed by atoms with E-state index in [0.29, 0.717) is 17.4 Å². The van der Waals surface area contributed by atoms with E-state index in [9.17, 15) is 9.59 Å². The van der Waals surface area contributed by atoms with Crippen LogP contribution in [-0.2, 0) is 16.1 Å². The average Bonchev–Trinajstić information content (AvgIpc) is 2.81. The highest BCUT2D eigenvalue weighted by atomic mass is 32.2. The van der Waals surface area contributed by atoms with Crippen molar-refractivity contribution in [3.8, 4) is 0 Å². The first kappa shape index (κ1) is 14.9. The number of nitrogens with zero attached hydrogens (tertiary/aromatic N) is 1. The van der Waals surface area contributed by atoms with Gasteiger partial charge in [0.05, 0.1) is 18.9 Å². The Kier molecular flexibility index (Phi) is 6.69. The highest BCUT2D eigenvalue weighted by molar-refractivity contribution is 7.99. The van der Waals surface area contributed by atoms with Crippen molar-refractivity contribution in [2.24, 2.45) is 0 Å². The SMILES string of the molecule is COCCSCC(=O)NCc1nc(C(=O)O)cs1. The smallest absolute Gasteiger partial charge is 0.355 e. The molecule has 6 nitrogen and oxygen atoms in total. The van der Waals surface area contributed by atoms with Crippen LogP contribution in [0, 0.1) is 0 Å². The molecule has 0 spiro atoms. The minimum Gasteiger partial charge on any atom is -0.476 e. The van der Waals surface area contributed by atoms with E-state index < -0.39 is 5.97 Å². The minimum absolute atomic E-state index is 0.0127. The molecule has 0 bridgehead atoms. The van der Waals surface area contributed by atoms with Gasteiger partial charge >= 0.3 is 5.97 Å². The molecule has 0 aliphatic rings. The minimum atomic E-state index is -1.06. The van der Waals surface area contributed by atoms with Crippen LogP contribution in [0.5, 0.6) is 0 Å². The van der Waals surface area contributed by atoms with Gasteiger partial charge in [-0.15, -0.1) is 23.1 Å². The fourth-order valence-corrected chi connectivity index (χ4v) is 2.45. The molecule has 2 N–H and O–H groups in total. The van der Waals surface area contributed by atoms with Gasteiger partial charge in [0, 0.05) is 18.2 Å². The van der Waals surface area contributed by atoms with Crippen molar-refractivity contribution in [2.45, 2.75) is 6.54 Å². The molecule has 1 amide bonds. The van der Waals surface area contributed by atoms with Crippen molar-refractivity contribution in [1.29, 1.82) is 0 Å². The van der Waals surface area contributed by atoms with Crippen LogP contribution in [0.3, 0.4) is 0 Å². The van der Waals surface area contributed by atoms with E-state index in [4.69, 9.17) is 9.84 Å². The van der Waals surface area contributed by atoms with Crippen LogP contribution in [0.15, 0.2) is 5.38 Å². The maximum atomic E-state index is 11.4. The summed E-state index contributed by atoms with van der Waals surface area (Å²) in [5, 5.41) is 13.4. The highest BCUT2D eigenvalue weighted by Crippen LogP contribution is 2.09. The second-order valence-electron chi connectivity index (χ2n) is 3.25. The molecule has 0 saturated carbocycles. The lowest BCUT2D eigenvalue weighted by molar-refractivity contribution is -0.118. The van der Waals surface area contributed by atoms with Gasteiger partial charge in [-0.1, -0.05) is 0 Å². The molecule has 0 saturated heterocycles. The van der Waals surface area contributed by atoms with Gasteiger partial charge in [0.1, 0.15) is 5.01 Å². The van der Waals surface area contributed by atoms with Gasteiger partial charge in [-0.25, -0.2) is 9.78 Å². The molecule has 1 rings (SSSR count). The third kappa shape index (κ3) is 5.48. The van der Waals surface area contributed by atoms with Crippen molar-refractivity contribution in [3.63, 3.8) is 0 Å². The molecule has 0 atom stereocenters. The molecule has 1 aromatic heterocycles. The van der Waals surface area contributed by atoms with E-state index in [2.05, 4.69) is 10.3 Å². The number of carboxylic acids is 1. The standard InChI is InChI=1S/C10H14N2O4S2/c1-16-2-3-17-6-8(13)11-4-9-12-7(5-18-9)10(14)15/h5H,2-4,6H2,1H3,(H,11,13)(H,14,15). The monoisotopic (exact) mass is 290 g/mol. The Hall–Kier alpha value is -1.12. The van der Waals surface area contributed by atoms with Crippen LogP contribution in [-0.4, -0.2) is 47.2 Å². The second-order valence-corrected chi connectivity index (χ2v) is 5.30. The number of thiazole rings is 1. The summed E-state index contributed by atoms with van der Waals surface area (Å²) in [6, 6.07) is 0. The molecular weight excluding hydrogens is 276 g/mol. The molecule has 1 aromatic rings. The van der Waals surface area contributed by atoms with Crippen molar-refractivity contribution >= 4 is 35.0 Å². The average molecular weight is 290 g/mol. The van der Waals surface area contributed by atoms with Crippen molar-refractivity contribution in [3.05, 3.63) is 16.1 Å². The number of ether oxygens (including phenoxy) is 1. The van der Waals surface area contributed by atoms with Crippen LogP contribution < -0.4 is 5.32 Å². The van der Waals surface area contributed by atoms with E-state index in [-0.39, 0.29) is 18.1 Å². The summed E-state index contributed by atoms with van der Waals surface area (Å²) in [5.74, 6) is -0.0210. The van der Waals surface area contributed by atoms with Crippen LogP contribution in [0.2, 0.25) is 0 Å². The Bertz CT molecular complexity index is 408.